The molecule has 0 radical (unpaired) electrons. The minimum Gasteiger partial charge on any atom is -0.478 e. The Balaban J connectivity index is 1.39. The van der Waals surface area contributed by atoms with Gasteiger partial charge in [0.1, 0.15) is 0 Å². The second kappa shape index (κ2) is 9.39. The third-order valence-corrected chi connectivity index (χ3v) is 7.02. The van der Waals surface area contributed by atoms with Crippen molar-refractivity contribution in [1.82, 2.24) is 10.2 Å². The fourth-order valence-corrected chi connectivity index (χ4v) is 5.18. The Morgan fingerprint density at radius 2 is 1.91 bits per heavy atom. The van der Waals surface area contributed by atoms with Gasteiger partial charge in [-0.2, -0.15) is 13.2 Å². The maximum absolute atomic E-state index is 13.3. The first kappa shape index (κ1) is 23.0. The van der Waals surface area contributed by atoms with Crippen LogP contribution in [0.5, 0.6) is 0 Å². The van der Waals surface area contributed by atoms with Gasteiger partial charge in [0.25, 0.3) is 0 Å². The molecular weight excluding hydrogens is 425 g/mol. The Morgan fingerprint density at radius 1 is 1.16 bits per heavy atom. The van der Waals surface area contributed by atoms with E-state index in [4.69, 9.17) is 4.74 Å². The molecule has 1 aliphatic carbocycles. The van der Waals surface area contributed by atoms with Crippen molar-refractivity contribution < 1.29 is 32.6 Å². The summed E-state index contributed by atoms with van der Waals surface area (Å²) < 4.78 is 45.2. The van der Waals surface area contributed by atoms with E-state index in [9.17, 15) is 27.9 Å². The summed E-state index contributed by atoms with van der Waals surface area (Å²) in [5.74, 6) is -0.960. The van der Waals surface area contributed by atoms with E-state index in [0.29, 0.717) is 24.1 Å². The van der Waals surface area contributed by atoms with Gasteiger partial charge in [0, 0.05) is 38.3 Å². The minimum absolute atomic E-state index is 0.0229. The molecule has 2 atom stereocenters. The molecule has 3 aliphatic rings. The number of amides is 1. The van der Waals surface area contributed by atoms with Gasteiger partial charge in [0.05, 0.1) is 11.1 Å². The normalized spacial score (nSPS) is 24.4. The number of nitrogens with one attached hydrogen (secondary N) is 1. The molecule has 6 nitrogen and oxygen atoms in total. The molecule has 1 aromatic rings. The number of carbonyl (C=O) groups is 2. The lowest BCUT2D eigenvalue weighted by atomic mass is 9.91. The third-order valence-electron chi connectivity index (χ3n) is 7.02. The lowest BCUT2D eigenvalue weighted by molar-refractivity contribution is -0.137. The number of halogens is 3. The number of carboxylic acids is 1. The SMILES string of the molecule is O=C(O)c1cc(C(F)(F)F)cc2c1CCN(C(=O)C1CCC(NCC3CCOCC3)C1)C2. The highest BCUT2D eigenvalue weighted by Gasteiger charge is 2.37. The Bertz CT molecular complexity index is 868. The van der Waals surface area contributed by atoms with E-state index in [-0.39, 0.29) is 42.0 Å². The fourth-order valence-electron chi connectivity index (χ4n) is 5.18. The zero-order valence-corrected chi connectivity index (χ0v) is 17.9. The Kier molecular flexibility index (Phi) is 6.76. The van der Waals surface area contributed by atoms with Crippen molar-refractivity contribution in [3.05, 3.63) is 34.4 Å². The van der Waals surface area contributed by atoms with Crippen molar-refractivity contribution in [1.29, 1.82) is 0 Å². The molecule has 176 valence electrons. The van der Waals surface area contributed by atoms with Gasteiger partial charge in [0.15, 0.2) is 0 Å². The standard InChI is InChI=1S/C23H29F3N2O4/c24-23(25,26)17-9-16-13-28(6-3-19(16)20(11-17)22(30)31)21(29)15-1-2-18(10-15)27-12-14-4-7-32-8-5-14/h9,11,14-15,18,27H,1-8,10,12-13H2,(H,30,31). The quantitative estimate of drug-likeness (QED) is 0.712. The molecule has 2 N–H and O–H groups in total. The lowest BCUT2D eigenvalue weighted by Gasteiger charge is -2.32. The minimum atomic E-state index is -4.64. The van der Waals surface area contributed by atoms with Crippen LogP contribution in [0.25, 0.3) is 0 Å². The molecule has 32 heavy (non-hydrogen) atoms. The summed E-state index contributed by atoms with van der Waals surface area (Å²) in [7, 11) is 0. The molecule has 1 aromatic carbocycles. The molecule has 0 spiro atoms. The summed E-state index contributed by atoms with van der Waals surface area (Å²) in [5.41, 5.74) is -0.623. The number of rotatable bonds is 5. The van der Waals surface area contributed by atoms with Gasteiger partial charge in [0.2, 0.25) is 5.91 Å². The van der Waals surface area contributed by atoms with Crippen molar-refractivity contribution in [3.63, 3.8) is 0 Å². The first-order chi connectivity index (χ1) is 15.2. The van der Waals surface area contributed by atoms with Gasteiger partial charge < -0.3 is 20.1 Å². The topological polar surface area (TPSA) is 78.9 Å². The second-order valence-electron chi connectivity index (χ2n) is 9.15. The lowest BCUT2D eigenvalue weighted by Crippen LogP contribution is -2.40. The number of hydrogen-bond acceptors (Lipinski definition) is 4. The summed E-state index contributed by atoms with van der Waals surface area (Å²) in [6, 6.07) is 1.97. The molecule has 2 unspecified atom stereocenters. The number of fused-ring (bicyclic) bond motifs is 1. The highest BCUT2D eigenvalue weighted by molar-refractivity contribution is 5.90. The van der Waals surface area contributed by atoms with E-state index >= 15 is 0 Å². The highest BCUT2D eigenvalue weighted by atomic mass is 19.4. The summed E-state index contributed by atoms with van der Waals surface area (Å²) in [4.78, 5) is 26.2. The number of aromatic carboxylic acids is 1. The number of carbonyl (C=O) groups excluding carboxylic acids is 1. The summed E-state index contributed by atoms with van der Waals surface area (Å²) in [6.45, 7) is 2.87. The summed E-state index contributed by atoms with van der Waals surface area (Å²) in [6.07, 6.45) is 0.108. The van der Waals surface area contributed by atoms with E-state index in [0.717, 1.165) is 57.9 Å². The van der Waals surface area contributed by atoms with Gasteiger partial charge in [-0.1, -0.05) is 0 Å². The maximum atomic E-state index is 13.3. The fraction of sp³-hybridized carbons (Fsp3) is 0.652. The molecule has 1 saturated carbocycles. The molecule has 0 bridgehead atoms. The van der Waals surface area contributed by atoms with Gasteiger partial charge in [-0.05, 0) is 74.2 Å². The van der Waals surface area contributed by atoms with Crippen LogP contribution in [0.1, 0.15) is 59.2 Å². The van der Waals surface area contributed by atoms with Crippen LogP contribution in [0.15, 0.2) is 12.1 Å². The van der Waals surface area contributed by atoms with E-state index in [1.54, 1.807) is 4.90 Å². The number of alkyl halides is 3. The first-order valence-electron chi connectivity index (χ1n) is 11.3. The molecule has 2 aliphatic heterocycles. The Hall–Kier alpha value is -2.13. The average Bonchev–Trinajstić information content (AvgIpc) is 3.25. The Morgan fingerprint density at radius 3 is 2.59 bits per heavy atom. The van der Waals surface area contributed by atoms with Crippen LogP contribution in [0.3, 0.4) is 0 Å². The second-order valence-corrected chi connectivity index (χ2v) is 9.15. The van der Waals surface area contributed by atoms with Crippen LogP contribution >= 0.6 is 0 Å². The van der Waals surface area contributed by atoms with E-state index < -0.39 is 17.7 Å². The molecule has 1 amide bonds. The smallest absolute Gasteiger partial charge is 0.416 e. The van der Waals surface area contributed by atoms with Crippen LogP contribution in [0.4, 0.5) is 13.2 Å². The van der Waals surface area contributed by atoms with Crippen molar-refractivity contribution in [2.45, 2.75) is 57.3 Å². The van der Waals surface area contributed by atoms with E-state index in [1.807, 2.05) is 0 Å². The zero-order chi connectivity index (χ0) is 22.9. The molecule has 0 aromatic heterocycles. The maximum Gasteiger partial charge on any atom is 0.416 e. The number of benzene rings is 1. The molecule has 2 heterocycles. The monoisotopic (exact) mass is 454 g/mol. The molecule has 2 fully saturated rings. The zero-order valence-electron chi connectivity index (χ0n) is 17.9. The van der Waals surface area contributed by atoms with Crippen molar-refractivity contribution in [3.8, 4) is 0 Å². The van der Waals surface area contributed by atoms with Crippen molar-refractivity contribution >= 4 is 11.9 Å². The number of carboxylic acid groups (broad SMARTS) is 1. The van der Waals surface area contributed by atoms with Gasteiger partial charge in [-0.15, -0.1) is 0 Å². The predicted molar refractivity (Wildman–Crippen MR) is 110 cm³/mol. The summed E-state index contributed by atoms with van der Waals surface area (Å²) >= 11 is 0. The number of hydrogen-bond donors (Lipinski definition) is 2. The van der Waals surface area contributed by atoms with E-state index in [1.165, 1.54) is 0 Å². The van der Waals surface area contributed by atoms with E-state index in [2.05, 4.69) is 5.32 Å². The summed E-state index contributed by atoms with van der Waals surface area (Å²) in [5, 5.41) is 13.0. The predicted octanol–water partition coefficient (Wildman–Crippen LogP) is 3.47. The van der Waals surface area contributed by atoms with Crippen LogP contribution in [0.2, 0.25) is 0 Å². The van der Waals surface area contributed by atoms with Crippen molar-refractivity contribution in [2.24, 2.45) is 11.8 Å². The first-order valence-corrected chi connectivity index (χ1v) is 11.3. The number of nitrogens with zero attached hydrogens (tertiary/aromatic N) is 1. The molecule has 1 saturated heterocycles. The van der Waals surface area contributed by atoms with Crippen molar-refractivity contribution in [2.75, 3.05) is 26.3 Å². The van der Waals surface area contributed by atoms with Crippen LogP contribution in [-0.2, 0) is 28.7 Å². The molecule has 4 rings (SSSR count). The van der Waals surface area contributed by atoms with Gasteiger partial charge in [-0.25, -0.2) is 4.79 Å². The average molecular weight is 454 g/mol. The largest absolute Gasteiger partial charge is 0.478 e. The molecular formula is C23H29F3N2O4. The van der Waals surface area contributed by atoms with Gasteiger partial charge >= 0.3 is 12.1 Å². The number of ether oxygens (including phenoxy) is 1. The van der Waals surface area contributed by atoms with Crippen LogP contribution < -0.4 is 5.32 Å². The Labute approximate surface area is 185 Å². The molecule has 9 heteroatoms. The third kappa shape index (κ3) is 5.09. The van der Waals surface area contributed by atoms with Gasteiger partial charge in [-0.3, -0.25) is 4.79 Å². The highest BCUT2D eigenvalue weighted by Crippen LogP contribution is 2.35. The van der Waals surface area contributed by atoms with Crippen LogP contribution in [-0.4, -0.2) is 54.2 Å². The van der Waals surface area contributed by atoms with Crippen LogP contribution in [0, 0.1) is 11.8 Å².